The van der Waals surface area contributed by atoms with Gasteiger partial charge in [-0.2, -0.15) is 0 Å². The van der Waals surface area contributed by atoms with Crippen molar-refractivity contribution < 1.29 is 14.3 Å². The van der Waals surface area contributed by atoms with E-state index in [0.717, 1.165) is 39.1 Å². The summed E-state index contributed by atoms with van der Waals surface area (Å²) < 4.78 is 12.0. The van der Waals surface area contributed by atoms with Crippen LogP contribution in [0.25, 0.3) is 0 Å². The summed E-state index contributed by atoms with van der Waals surface area (Å²) in [5.41, 5.74) is 4.38. The van der Waals surface area contributed by atoms with E-state index in [0.29, 0.717) is 17.9 Å². The first-order chi connectivity index (χ1) is 13.8. The van der Waals surface area contributed by atoms with E-state index in [9.17, 15) is 4.79 Å². The van der Waals surface area contributed by atoms with Gasteiger partial charge in [0.2, 0.25) is 0 Å². The predicted octanol–water partition coefficient (Wildman–Crippen LogP) is 5.69. The van der Waals surface area contributed by atoms with Crippen LogP contribution in [0.5, 0.6) is 11.5 Å². The molecule has 0 spiro atoms. The quantitative estimate of drug-likeness (QED) is 0.621. The Morgan fingerprint density at radius 2 is 1.66 bits per heavy atom. The SMILES string of the molecule is COc1ccc(OC)c([C@H]2Nc3ccccc3NC3=C2C(=O)CC(C)(C)C3)c1Br. The van der Waals surface area contributed by atoms with Gasteiger partial charge >= 0.3 is 0 Å². The van der Waals surface area contributed by atoms with Crippen molar-refractivity contribution in [2.75, 3.05) is 24.9 Å². The van der Waals surface area contributed by atoms with Crippen LogP contribution in [0.4, 0.5) is 11.4 Å². The highest BCUT2D eigenvalue weighted by Crippen LogP contribution is 2.49. The lowest BCUT2D eigenvalue weighted by atomic mass is 9.73. The number of carbonyl (C=O) groups is 1. The second-order valence-corrected chi connectivity index (χ2v) is 9.07. The van der Waals surface area contributed by atoms with E-state index < -0.39 is 0 Å². The number of allylic oxidation sites excluding steroid dienone is 1. The van der Waals surface area contributed by atoms with Crippen LogP contribution in [0, 0.1) is 5.41 Å². The summed E-state index contributed by atoms with van der Waals surface area (Å²) in [6.45, 7) is 4.27. The molecule has 2 aromatic rings. The molecule has 0 radical (unpaired) electrons. The maximum absolute atomic E-state index is 13.4. The van der Waals surface area contributed by atoms with Crippen molar-refractivity contribution in [1.29, 1.82) is 0 Å². The Morgan fingerprint density at radius 3 is 2.34 bits per heavy atom. The number of hydrogen-bond donors (Lipinski definition) is 2. The summed E-state index contributed by atoms with van der Waals surface area (Å²) in [6.07, 6.45) is 1.30. The number of para-hydroxylation sites is 2. The van der Waals surface area contributed by atoms with Crippen LogP contribution >= 0.6 is 15.9 Å². The lowest BCUT2D eigenvalue weighted by Crippen LogP contribution is -2.31. The molecule has 2 aromatic carbocycles. The highest BCUT2D eigenvalue weighted by Gasteiger charge is 2.40. The van der Waals surface area contributed by atoms with Crippen LogP contribution in [0.2, 0.25) is 0 Å². The number of fused-ring (bicyclic) bond motifs is 1. The zero-order valence-electron chi connectivity index (χ0n) is 17.1. The number of rotatable bonds is 3. The number of Topliss-reactive ketones (excluding diaryl/α,β-unsaturated/α-hetero) is 1. The lowest BCUT2D eigenvalue weighted by Gasteiger charge is -2.34. The molecule has 1 heterocycles. The normalized spacial score (nSPS) is 20.0. The number of hydrogen-bond acceptors (Lipinski definition) is 5. The van der Waals surface area contributed by atoms with Crippen molar-refractivity contribution in [2.45, 2.75) is 32.7 Å². The number of anilines is 2. The number of methoxy groups -OCH3 is 2. The van der Waals surface area contributed by atoms with E-state index in [-0.39, 0.29) is 17.2 Å². The largest absolute Gasteiger partial charge is 0.496 e. The van der Waals surface area contributed by atoms with Gasteiger partial charge in [-0.05, 0) is 52.0 Å². The Balaban J connectivity index is 1.97. The molecule has 29 heavy (non-hydrogen) atoms. The minimum atomic E-state index is -0.371. The van der Waals surface area contributed by atoms with E-state index in [1.54, 1.807) is 14.2 Å². The molecule has 0 saturated heterocycles. The van der Waals surface area contributed by atoms with Gasteiger partial charge in [-0.3, -0.25) is 4.79 Å². The number of nitrogens with one attached hydrogen (secondary N) is 2. The van der Waals surface area contributed by atoms with Crippen molar-refractivity contribution in [2.24, 2.45) is 5.41 Å². The predicted molar refractivity (Wildman–Crippen MR) is 119 cm³/mol. The zero-order valence-corrected chi connectivity index (χ0v) is 18.6. The van der Waals surface area contributed by atoms with Gasteiger partial charge in [0.05, 0.1) is 36.1 Å². The minimum Gasteiger partial charge on any atom is -0.496 e. The molecule has 152 valence electrons. The number of benzene rings is 2. The van der Waals surface area contributed by atoms with Gasteiger partial charge in [0, 0.05) is 23.3 Å². The summed E-state index contributed by atoms with van der Waals surface area (Å²) in [4.78, 5) is 13.4. The van der Waals surface area contributed by atoms with Crippen LogP contribution in [0.15, 0.2) is 52.1 Å². The smallest absolute Gasteiger partial charge is 0.163 e. The fraction of sp³-hybridized carbons (Fsp3) is 0.348. The molecule has 1 atom stereocenters. The highest BCUT2D eigenvalue weighted by molar-refractivity contribution is 9.10. The van der Waals surface area contributed by atoms with Gasteiger partial charge in [0.25, 0.3) is 0 Å². The Morgan fingerprint density at radius 1 is 1.00 bits per heavy atom. The monoisotopic (exact) mass is 456 g/mol. The molecule has 0 unspecified atom stereocenters. The number of ketones is 1. The van der Waals surface area contributed by atoms with Crippen molar-refractivity contribution >= 4 is 33.1 Å². The van der Waals surface area contributed by atoms with Crippen molar-refractivity contribution in [3.63, 3.8) is 0 Å². The fourth-order valence-corrected chi connectivity index (χ4v) is 4.98. The second-order valence-electron chi connectivity index (χ2n) is 8.28. The van der Waals surface area contributed by atoms with Crippen LogP contribution in [-0.4, -0.2) is 20.0 Å². The maximum atomic E-state index is 13.4. The first-order valence-corrected chi connectivity index (χ1v) is 10.4. The first kappa shape index (κ1) is 19.8. The number of ether oxygens (including phenoxy) is 2. The molecule has 2 N–H and O–H groups in total. The highest BCUT2D eigenvalue weighted by atomic mass is 79.9. The average Bonchev–Trinajstić information content (AvgIpc) is 2.82. The molecular weight excluding hydrogens is 432 g/mol. The van der Waals surface area contributed by atoms with Gasteiger partial charge in [-0.15, -0.1) is 0 Å². The van der Waals surface area contributed by atoms with Gasteiger partial charge in [0.15, 0.2) is 5.78 Å². The summed E-state index contributed by atoms with van der Waals surface area (Å²) in [5, 5.41) is 7.13. The third-order valence-corrected chi connectivity index (χ3v) is 6.37. The molecule has 4 rings (SSSR count). The van der Waals surface area contributed by atoms with E-state index >= 15 is 0 Å². The molecule has 6 heteroatoms. The third-order valence-electron chi connectivity index (χ3n) is 5.55. The topological polar surface area (TPSA) is 59.6 Å². The van der Waals surface area contributed by atoms with Gasteiger partial charge in [-0.1, -0.05) is 26.0 Å². The summed E-state index contributed by atoms with van der Waals surface area (Å²) >= 11 is 3.69. The van der Waals surface area contributed by atoms with Crippen LogP contribution < -0.4 is 20.1 Å². The Kier molecular flexibility index (Phi) is 5.07. The van der Waals surface area contributed by atoms with Crippen molar-refractivity contribution in [1.82, 2.24) is 0 Å². The van der Waals surface area contributed by atoms with Gasteiger partial charge < -0.3 is 20.1 Å². The fourth-order valence-electron chi connectivity index (χ4n) is 4.27. The Hall–Kier alpha value is -2.47. The standard InChI is InChI=1S/C23H25BrN2O3/c1-23(2)11-15-19(16(27)12-23)22(26-14-8-6-5-7-13(14)25-15)20-17(28-3)9-10-18(29-4)21(20)24/h5-10,22,25-26H,11-12H2,1-4H3/t22-/m0/s1. The van der Waals surface area contributed by atoms with Crippen LogP contribution in [0.1, 0.15) is 38.3 Å². The van der Waals surface area contributed by atoms with E-state index in [4.69, 9.17) is 9.47 Å². The first-order valence-electron chi connectivity index (χ1n) is 9.64. The van der Waals surface area contributed by atoms with Crippen LogP contribution in [-0.2, 0) is 4.79 Å². The van der Waals surface area contributed by atoms with E-state index in [2.05, 4.69) is 40.4 Å². The molecule has 2 aliphatic rings. The summed E-state index contributed by atoms with van der Waals surface area (Å²) in [7, 11) is 3.27. The minimum absolute atomic E-state index is 0.0948. The molecule has 1 aliphatic heterocycles. The number of halogens is 1. The second kappa shape index (κ2) is 7.41. The molecule has 0 fully saturated rings. The Bertz CT molecular complexity index is 1010. The zero-order chi connectivity index (χ0) is 20.8. The van der Waals surface area contributed by atoms with Crippen molar-refractivity contribution in [3.8, 4) is 11.5 Å². The molecule has 0 saturated carbocycles. The van der Waals surface area contributed by atoms with Crippen LogP contribution in [0.3, 0.4) is 0 Å². The maximum Gasteiger partial charge on any atom is 0.163 e. The molecule has 0 amide bonds. The molecule has 0 bridgehead atoms. The van der Waals surface area contributed by atoms with Gasteiger partial charge in [-0.25, -0.2) is 0 Å². The molecular formula is C23H25BrN2O3. The third kappa shape index (κ3) is 3.50. The van der Waals surface area contributed by atoms with Gasteiger partial charge in [0.1, 0.15) is 11.5 Å². The van der Waals surface area contributed by atoms with E-state index in [1.807, 2.05) is 36.4 Å². The van der Waals surface area contributed by atoms with Crippen molar-refractivity contribution in [3.05, 3.63) is 57.7 Å². The average molecular weight is 457 g/mol. The lowest BCUT2D eigenvalue weighted by molar-refractivity contribution is -0.118. The molecule has 0 aromatic heterocycles. The summed E-state index contributed by atoms with van der Waals surface area (Å²) in [5.74, 6) is 1.53. The Labute approximate surface area is 179 Å². The number of carbonyl (C=O) groups excluding carboxylic acids is 1. The summed E-state index contributed by atoms with van der Waals surface area (Å²) in [6, 6.07) is 11.4. The molecule has 1 aliphatic carbocycles. The molecule has 5 nitrogen and oxygen atoms in total. The van der Waals surface area contributed by atoms with E-state index in [1.165, 1.54) is 0 Å².